The molecule has 1 saturated heterocycles. The van der Waals surface area contributed by atoms with Gasteiger partial charge in [-0.25, -0.2) is 10.2 Å². The number of likely N-dealkylation sites (tertiary alicyclic amines) is 1. The number of fused-ring (bicyclic) bond motifs is 5. The Morgan fingerprint density at radius 1 is 1.22 bits per heavy atom. The fourth-order valence-corrected chi connectivity index (χ4v) is 4.80. The van der Waals surface area contributed by atoms with Crippen molar-refractivity contribution in [3.05, 3.63) is 63.6 Å². The Morgan fingerprint density at radius 2 is 2.09 bits per heavy atom. The number of benzene rings is 1. The molecule has 1 aromatic carbocycles. The van der Waals surface area contributed by atoms with E-state index in [0.29, 0.717) is 18.4 Å². The number of carbonyl (C=O) groups excluding carboxylic acids is 1. The quantitative estimate of drug-likeness (QED) is 0.554. The van der Waals surface area contributed by atoms with Crippen LogP contribution in [0.4, 0.5) is 4.79 Å². The predicted molar refractivity (Wildman–Crippen MR) is 122 cm³/mol. The van der Waals surface area contributed by atoms with E-state index >= 15 is 0 Å². The van der Waals surface area contributed by atoms with Gasteiger partial charge in [0.2, 0.25) is 0 Å². The molecule has 4 rings (SSSR count). The highest BCUT2D eigenvalue weighted by atomic mass is 16.5. The van der Waals surface area contributed by atoms with Crippen LogP contribution in [0.3, 0.4) is 0 Å². The van der Waals surface area contributed by atoms with Gasteiger partial charge in [0.1, 0.15) is 5.75 Å². The zero-order valence-electron chi connectivity index (χ0n) is 18.6. The van der Waals surface area contributed by atoms with Crippen LogP contribution in [0.2, 0.25) is 0 Å². The molecule has 3 heterocycles. The molecule has 2 aliphatic heterocycles. The van der Waals surface area contributed by atoms with Crippen LogP contribution in [0.1, 0.15) is 42.5 Å². The minimum atomic E-state index is -0.576. The lowest BCUT2D eigenvalue weighted by atomic mass is 9.98. The molecule has 1 amide bonds. The van der Waals surface area contributed by atoms with Gasteiger partial charge in [-0.2, -0.15) is 5.10 Å². The number of hydrogen-bond acceptors (Lipinski definition) is 6. The number of rotatable bonds is 6. The maximum atomic E-state index is 12.4. The summed E-state index contributed by atoms with van der Waals surface area (Å²) in [6, 6.07) is 11.5. The predicted octanol–water partition coefficient (Wildman–Crippen LogP) is 2.95. The molecule has 0 radical (unpaired) electrons. The molecule has 0 aliphatic carbocycles. The molecule has 2 aromatic rings. The third-order valence-corrected chi connectivity index (χ3v) is 6.20. The number of amides is 1. The third-order valence-electron chi connectivity index (χ3n) is 6.20. The molecule has 2 bridgehead atoms. The molecule has 0 saturated carbocycles. The van der Waals surface area contributed by atoms with Gasteiger partial charge >= 0.3 is 6.09 Å². The highest BCUT2D eigenvalue weighted by molar-refractivity contribution is 5.81. The first-order valence-electron chi connectivity index (χ1n) is 11.1. The number of nitrogens with zero attached hydrogens (tertiary/aromatic N) is 3. The second-order valence-corrected chi connectivity index (χ2v) is 8.40. The molecule has 1 N–H and O–H groups in total. The van der Waals surface area contributed by atoms with Crippen molar-refractivity contribution < 1.29 is 14.3 Å². The number of ether oxygens (including phenoxy) is 2. The van der Waals surface area contributed by atoms with Crippen molar-refractivity contribution in [3.8, 4) is 5.75 Å². The molecular weight excluding hydrogens is 408 g/mol. The van der Waals surface area contributed by atoms with E-state index < -0.39 is 6.09 Å². The number of carbonyl (C=O) groups is 1. The maximum absolute atomic E-state index is 12.4. The van der Waals surface area contributed by atoms with Gasteiger partial charge < -0.3 is 14.0 Å². The van der Waals surface area contributed by atoms with Gasteiger partial charge in [-0.05, 0) is 55.5 Å². The molecule has 2 aliphatic rings. The van der Waals surface area contributed by atoms with Gasteiger partial charge in [0.15, 0.2) is 0 Å². The first-order valence-corrected chi connectivity index (χ1v) is 11.1. The molecule has 0 spiro atoms. The Kier molecular flexibility index (Phi) is 6.90. The number of pyridine rings is 1. The second-order valence-electron chi connectivity index (χ2n) is 8.40. The van der Waals surface area contributed by atoms with Crippen LogP contribution in [0.15, 0.2) is 46.3 Å². The molecule has 170 valence electrons. The van der Waals surface area contributed by atoms with Gasteiger partial charge in [-0.1, -0.05) is 6.07 Å². The first-order chi connectivity index (χ1) is 15.6. The molecule has 1 aromatic heterocycles. The van der Waals surface area contributed by atoms with Gasteiger partial charge in [-0.3, -0.25) is 9.69 Å². The van der Waals surface area contributed by atoms with Crippen molar-refractivity contribution in [2.45, 2.75) is 38.8 Å². The van der Waals surface area contributed by atoms with E-state index in [4.69, 9.17) is 9.47 Å². The molecule has 8 heteroatoms. The van der Waals surface area contributed by atoms with Crippen molar-refractivity contribution in [2.24, 2.45) is 11.0 Å². The summed E-state index contributed by atoms with van der Waals surface area (Å²) in [7, 11) is 1.68. The fraction of sp³-hybridized carbons (Fsp3) is 0.458. The number of nitrogens with one attached hydrogen (secondary N) is 1. The zero-order chi connectivity index (χ0) is 22.5. The summed E-state index contributed by atoms with van der Waals surface area (Å²) in [5.74, 6) is 1.62. The normalized spacial score (nSPS) is 20.4. The average molecular weight is 439 g/mol. The topological polar surface area (TPSA) is 85.2 Å². The molecule has 8 nitrogen and oxygen atoms in total. The molecule has 2 atom stereocenters. The SMILES string of the molecule is CCOC(=O)N/N=C/c1ccc(OC)c(CN2C[C@H]3CC[C@@H](C2)c2cccc(=O)n2C3)c1. The van der Waals surface area contributed by atoms with Crippen LogP contribution in [-0.2, 0) is 17.8 Å². The van der Waals surface area contributed by atoms with E-state index in [9.17, 15) is 9.59 Å². The summed E-state index contributed by atoms with van der Waals surface area (Å²) < 4.78 is 12.4. The molecule has 32 heavy (non-hydrogen) atoms. The summed E-state index contributed by atoms with van der Waals surface area (Å²) in [6.45, 7) is 5.43. The lowest BCUT2D eigenvalue weighted by Gasteiger charge is -2.31. The van der Waals surface area contributed by atoms with Crippen molar-refractivity contribution >= 4 is 12.3 Å². The van der Waals surface area contributed by atoms with Crippen molar-refractivity contribution in [3.63, 3.8) is 0 Å². The fourth-order valence-electron chi connectivity index (χ4n) is 4.80. The highest BCUT2D eigenvalue weighted by Crippen LogP contribution is 2.34. The van der Waals surface area contributed by atoms with Gasteiger partial charge in [0, 0.05) is 49.4 Å². The lowest BCUT2D eigenvalue weighted by molar-refractivity contribution is 0.152. The van der Waals surface area contributed by atoms with Crippen LogP contribution >= 0.6 is 0 Å². The van der Waals surface area contributed by atoms with Crippen LogP contribution < -0.4 is 15.7 Å². The van der Waals surface area contributed by atoms with Crippen molar-refractivity contribution in [1.82, 2.24) is 14.9 Å². The molecule has 1 fully saturated rings. The van der Waals surface area contributed by atoms with E-state index in [1.807, 2.05) is 28.8 Å². The van der Waals surface area contributed by atoms with E-state index in [1.54, 1.807) is 26.3 Å². The summed E-state index contributed by atoms with van der Waals surface area (Å²) in [5, 5.41) is 3.96. The average Bonchev–Trinajstić information content (AvgIpc) is 3.07. The second kappa shape index (κ2) is 9.99. The van der Waals surface area contributed by atoms with Crippen molar-refractivity contribution in [1.29, 1.82) is 0 Å². The monoisotopic (exact) mass is 438 g/mol. The van der Waals surface area contributed by atoms with Crippen LogP contribution in [0, 0.1) is 5.92 Å². The van der Waals surface area contributed by atoms with E-state index in [-0.39, 0.29) is 5.56 Å². The van der Waals surface area contributed by atoms with Gasteiger partial charge in [-0.15, -0.1) is 0 Å². The van der Waals surface area contributed by atoms with Crippen LogP contribution in [-0.4, -0.2) is 48.6 Å². The van der Waals surface area contributed by atoms with Gasteiger partial charge in [0.25, 0.3) is 5.56 Å². The lowest BCUT2D eigenvalue weighted by Crippen LogP contribution is -2.37. The van der Waals surface area contributed by atoms with Crippen LogP contribution in [0.25, 0.3) is 0 Å². The number of aromatic nitrogens is 1. The number of methoxy groups -OCH3 is 1. The third kappa shape index (κ3) is 5.02. The zero-order valence-corrected chi connectivity index (χ0v) is 18.6. The molecule has 0 unspecified atom stereocenters. The van der Waals surface area contributed by atoms with Crippen LogP contribution in [0.5, 0.6) is 5.75 Å². The van der Waals surface area contributed by atoms with Gasteiger partial charge in [0.05, 0.1) is 19.9 Å². The Labute approximate surface area is 187 Å². The maximum Gasteiger partial charge on any atom is 0.427 e. The summed E-state index contributed by atoms with van der Waals surface area (Å²) in [4.78, 5) is 26.3. The van der Waals surface area contributed by atoms with E-state index in [0.717, 1.165) is 61.6 Å². The Morgan fingerprint density at radius 3 is 2.91 bits per heavy atom. The highest BCUT2D eigenvalue weighted by Gasteiger charge is 2.31. The Bertz CT molecular complexity index is 1050. The summed E-state index contributed by atoms with van der Waals surface area (Å²) in [6.07, 6.45) is 3.26. The Hall–Kier alpha value is -3.13. The number of hydrazone groups is 1. The smallest absolute Gasteiger partial charge is 0.427 e. The Balaban J connectivity index is 1.52. The standard InChI is InChI=1S/C24H30N4O4/c1-3-32-24(30)26-25-12-17-8-10-22(31-2)20(11-17)16-27-13-18-7-9-19(15-27)21-5-4-6-23(29)28(21)14-18/h4-6,8,10-12,18-19H,3,7,9,13-16H2,1-2H3,(H,26,30)/b25-12+/t18-,19+/m1/s1. The van der Waals surface area contributed by atoms with E-state index in [1.165, 1.54) is 0 Å². The summed E-state index contributed by atoms with van der Waals surface area (Å²) in [5.41, 5.74) is 5.55. The number of hydrogen-bond donors (Lipinski definition) is 1. The largest absolute Gasteiger partial charge is 0.496 e. The minimum absolute atomic E-state index is 0.109. The molecular formula is C24H30N4O4. The van der Waals surface area contributed by atoms with E-state index in [2.05, 4.69) is 21.5 Å². The van der Waals surface area contributed by atoms with Crippen molar-refractivity contribution in [2.75, 3.05) is 26.8 Å². The minimum Gasteiger partial charge on any atom is -0.496 e. The first kappa shape index (κ1) is 22.1. The summed E-state index contributed by atoms with van der Waals surface area (Å²) >= 11 is 0.